The van der Waals surface area contributed by atoms with E-state index in [-0.39, 0.29) is 5.41 Å². The molecule has 0 saturated carbocycles. The van der Waals surface area contributed by atoms with Crippen molar-refractivity contribution in [3.8, 4) is 11.5 Å². The lowest BCUT2D eigenvalue weighted by Gasteiger charge is -2.19. The van der Waals surface area contributed by atoms with E-state index in [0.717, 1.165) is 17.6 Å². The molecule has 1 aliphatic rings. The summed E-state index contributed by atoms with van der Waals surface area (Å²) in [4.78, 5) is 10.8. The number of hydrogen-bond acceptors (Lipinski definition) is 3. The molecule has 3 nitrogen and oxygen atoms in total. The van der Waals surface area contributed by atoms with Gasteiger partial charge in [-0.2, -0.15) is 0 Å². The maximum atomic E-state index is 10.8. The average Bonchev–Trinajstić information content (AvgIpc) is 2.38. The van der Waals surface area contributed by atoms with Gasteiger partial charge in [-0.1, -0.05) is 13.8 Å². The number of rotatable bonds is 1. The molecule has 1 heterocycles. The van der Waals surface area contributed by atoms with Gasteiger partial charge in [0.15, 0.2) is 11.5 Å². The number of hydrogen-bond donors (Lipinski definition) is 0. The zero-order chi connectivity index (χ0) is 11.8. The third-order valence-electron chi connectivity index (χ3n) is 2.70. The number of benzene rings is 1. The summed E-state index contributed by atoms with van der Waals surface area (Å²) in [5.74, 6) is 1.40. The van der Waals surface area contributed by atoms with Gasteiger partial charge in [-0.25, -0.2) is 0 Å². The van der Waals surface area contributed by atoms with Crippen molar-refractivity contribution >= 4 is 6.29 Å². The van der Waals surface area contributed by atoms with Crippen LogP contribution < -0.4 is 9.47 Å². The second-order valence-corrected chi connectivity index (χ2v) is 5.01. The molecule has 0 unspecified atom stereocenters. The molecule has 0 bridgehead atoms. The highest BCUT2D eigenvalue weighted by molar-refractivity contribution is 5.79. The van der Waals surface area contributed by atoms with E-state index < -0.39 is 0 Å². The molecule has 0 saturated heterocycles. The molecule has 86 valence electrons. The second-order valence-electron chi connectivity index (χ2n) is 5.01. The van der Waals surface area contributed by atoms with Crippen molar-refractivity contribution in [2.24, 2.45) is 5.41 Å². The number of fused-ring (bicyclic) bond motifs is 1. The van der Waals surface area contributed by atoms with Crippen molar-refractivity contribution in [1.29, 1.82) is 0 Å². The lowest BCUT2D eigenvalue weighted by atomic mass is 9.97. The van der Waals surface area contributed by atoms with Gasteiger partial charge < -0.3 is 9.47 Å². The van der Waals surface area contributed by atoms with Crippen LogP contribution in [0.1, 0.15) is 29.8 Å². The molecule has 1 aliphatic heterocycles. The fourth-order valence-corrected chi connectivity index (χ4v) is 1.62. The molecule has 3 heteroatoms. The summed E-state index contributed by atoms with van der Waals surface area (Å²) in [6.45, 7) is 7.30. The summed E-state index contributed by atoms with van der Waals surface area (Å²) >= 11 is 0. The van der Waals surface area contributed by atoms with Crippen LogP contribution in [0.5, 0.6) is 11.5 Å². The maximum absolute atomic E-state index is 10.8. The predicted octanol–water partition coefficient (Wildman–Crippen LogP) is 2.60. The Bertz CT molecular complexity index is 421. The van der Waals surface area contributed by atoms with Crippen LogP contribution in [0.2, 0.25) is 0 Å². The fourth-order valence-electron chi connectivity index (χ4n) is 1.62. The van der Waals surface area contributed by atoms with Crippen LogP contribution in [-0.2, 0) is 0 Å². The Morgan fingerprint density at radius 2 is 1.75 bits per heavy atom. The number of ether oxygens (including phenoxy) is 2. The first-order valence-corrected chi connectivity index (χ1v) is 5.37. The number of carbonyl (C=O) groups excluding carboxylic acids is 1. The normalized spacial score (nSPS) is 17.7. The SMILES string of the molecule is Cc1cc2c(cc1C=O)OCC(C)(C)CO2. The van der Waals surface area contributed by atoms with Gasteiger partial charge in [0.2, 0.25) is 0 Å². The van der Waals surface area contributed by atoms with Crippen LogP contribution in [0.3, 0.4) is 0 Å². The molecular weight excluding hydrogens is 204 g/mol. The molecule has 16 heavy (non-hydrogen) atoms. The van der Waals surface area contributed by atoms with Gasteiger partial charge in [0.05, 0.1) is 13.2 Å². The van der Waals surface area contributed by atoms with Crippen molar-refractivity contribution in [1.82, 2.24) is 0 Å². The predicted molar refractivity (Wildman–Crippen MR) is 61.3 cm³/mol. The smallest absolute Gasteiger partial charge is 0.161 e. The third-order valence-corrected chi connectivity index (χ3v) is 2.70. The van der Waals surface area contributed by atoms with Crippen molar-refractivity contribution in [3.63, 3.8) is 0 Å². The summed E-state index contributed by atoms with van der Waals surface area (Å²) in [5, 5.41) is 0. The fraction of sp³-hybridized carbons (Fsp3) is 0.462. The summed E-state index contributed by atoms with van der Waals surface area (Å²) in [6.07, 6.45) is 0.842. The van der Waals surface area contributed by atoms with Gasteiger partial charge in [-0.15, -0.1) is 0 Å². The van der Waals surface area contributed by atoms with E-state index in [4.69, 9.17) is 9.47 Å². The summed E-state index contributed by atoms with van der Waals surface area (Å²) in [5.41, 5.74) is 1.56. The van der Waals surface area contributed by atoms with E-state index in [9.17, 15) is 4.79 Å². The van der Waals surface area contributed by atoms with E-state index in [2.05, 4.69) is 13.8 Å². The Balaban J connectivity index is 2.39. The Hall–Kier alpha value is -1.51. The van der Waals surface area contributed by atoms with Crippen molar-refractivity contribution in [2.75, 3.05) is 13.2 Å². The average molecular weight is 220 g/mol. The minimum atomic E-state index is -0.00569. The first-order valence-electron chi connectivity index (χ1n) is 5.37. The molecule has 1 aromatic carbocycles. The molecule has 0 aromatic heterocycles. The molecular formula is C13H16O3. The van der Waals surface area contributed by atoms with Gasteiger partial charge in [0.25, 0.3) is 0 Å². The number of aldehydes is 1. The second kappa shape index (κ2) is 3.81. The van der Waals surface area contributed by atoms with Crippen LogP contribution in [0.15, 0.2) is 12.1 Å². The zero-order valence-electron chi connectivity index (χ0n) is 9.87. The van der Waals surface area contributed by atoms with Gasteiger partial charge in [0, 0.05) is 11.0 Å². The molecule has 1 aromatic rings. The van der Waals surface area contributed by atoms with Crippen molar-refractivity contribution < 1.29 is 14.3 Å². The molecule has 0 radical (unpaired) electrons. The first kappa shape index (κ1) is 11.0. The van der Waals surface area contributed by atoms with Crippen LogP contribution >= 0.6 is 0 Å². The molecule has 0 aliphatic carbocycles. The van der Waals surface area contributed by atoms with Gasteiger partial charge in [-0.3, -0.25) is 4.79 Å². The largest absolute Gasteiger partial charge is 0.489 e. The highest BCUT2D eigenvalue weighted by atomic mass is 16.5. The first-order chi connectivity index (χ1) is 7.52. The van der Waals surface area contributed by atoms with E-state index in [0.29, 0.717) is 24.5 Å². The Morgan fingerprint density at radius 3 is 2.31 bits per heavy atom. The lowest BCUT2D eigenvalue weighted by molar-refractivity contribution is 0.112. The topological polar surface area (TPSA) is 35.5 Å². The van der Waals surface area contributed by atoms with Gasteiger partial charge >= 0.3 is 0 Å². The minimum Gasteiger partial charge on any atom is -0.489 e. The number of aryl methyl sites for hydroxylation is 1. The Kier molecular flexibility index (Phi) is 2.62. The quantitative estimate of drug-likeness (QED) is 0.682. The monoisotopic (exact) mass is 220 g/mol. The van der Waals surface area contributed by atoms with Crippen LogP contribution in [-0.4, -0.2) is 19.5 Å². The summed E-state index contributed by atoms with van der Waals surface area (Å²) in [7, 11) is 0. The molecule has 2 rings (SSSR count). The summed E-state index contributed by atoms with van der Waals surface area (Å²) < 4.78 is 11.4. The summed E-state index contributed by atoms with van der Waals surface area (Å²) in [6, 6.07) is 3.61. The van der Waals surface area contributed by atoms with Crippen molar-refractivity contribution in [3.05, 3.63) is 23.3 Å². The number of carbonyl (C=O) groups is 1. The Labute approximate surface area is 95.4 Å². The van der Waals surface area contributed by atoms with Crippen molar-refractivity contribution in [2.45, 2.75) is 20.8 Å². The van der Waals surface area contributed by atoms with Crippen LogP contribution in [0.25, 0.3) is 0 Å². The highest BCUT2D eigenvalue weighted by Gasteiger charge is 2.25. The molecule has 0 atom stereocenters. The van der Waals surface area contributed by atoms with Crippen LogP contribution in [0, 0.1) is 12.3 Å². The van der Waals surface area contributed by atoms with Gasteiger partial charge in [-0.05, 0) is 24.6 Å². The van der Waals surface area contributed by atoms with E-state index in [1.165, 1.54) is 0 Å². The Morgan fingerprint density at radius 1 is 1.19 bits per heavy atom. The molecule has 0 fully saturated rings. The third kappa shape index (κ3) is 2.03. The molecule has 0 spiro atoms. The zero-order valence-corrected chi connectivity index (χ0v) is 9.87. The standard InChI is InChI=1S/C13H16O3/c1-9-4-11-12(5-10(9)6-14)16-8-13(2,3)7-15-11/h4-6H,7-8H2,1-3H3. The highest BCUT2D eigenvalue weighted by Crippen LogP contribution is 2.35. The van der Waals surface area contributed by atoms with Gasteiger partial charge in [0.1, 0.15) is 6.29 Å². The molecule has 0 N–H and O–H groups in total. The lowest BCUT2D eigenvalue weighted by Crippen LogP contribution is -2.26. The van der Waals surface area contributed by atoms with E-state index in [1.54, 1.807) is 6.07 Å². The molecule has 0 amide bonds. The van der Waals surface area contributed by atoms with Crippen LogP contribution in [0.4, 0.5) is 0 Å². The minimum absolute atomic E-state index is 0.00569. The van der Waals surface area contributed by atoms with E-state index >= 15 is 0 Å². The van der Waals surface area contributed by atoms with E-state index in [1.807, 2.05) is 13.0 Å². The maximum Gasteiger partial charge on any atom is 0.161 e.